The van der Waals surface area contributed by atoms with Gasteiger partial charge >= 0.3 is 29.2 Å². The van der Waals surface area contributed by atoms with E-state index < -0.39 is 72.0 Å². The first-order chi connectivity index (χ1) is 14.4. The van der Waals surface area contributed by atoms with Crippen LogP contribution in [0.4, 0.5) is 14.6 Å². The summed E-state index contributed by atoms with van der Waals surface area (Å²) in [5.41, 5.74) is 1.93. The topological polar surface area (TPSA) is 250 Å². The molecule has 1 aromatic heterocycles. The third-order valence-electron chi connectivity index (χ3n) is 4.68. The molecule has 1 aliphatic carbocycles. The molecule has 6 atom stereocenters. The molecular weight excluding hydrogens is 513 g/mol. The van der Waals surface area contributed by atoms with Gasteiger partial charge in [-0.2, -0.15) is 13.6 Å². The van der Waals surface area contributed by atoms with E-state index in [4.69, 9.17) is 25.2 Å². The third kappa shape index (κ3) is 5.01. The number of hydrogen-bond acceptors (Lipinski definition) is 11. The van der Waals surface area contributed by atoms with Gasteiger partial charge in [0.2, 0.25) is 0 Å². The average molecular weight is 529 g/mol. The Morgan fingerprint density at radius 1 is 1.22 bits per heavy atom. The number of halogens is 2. The fraction of sp³-hybridized carbons (Fsp3) is 0.636. The van der Waals surface area contributed by atoms with Gasteiger partial charge in [0.25, 0.3) is 5.92 Å². The second-order valence-electron chi connectivity index (χ2n) is 6.81. The summed E-state index contributed by atoms with van der Waals surface area (Å²) in [4.78, 5) is 51.0. The van der Waals surface area contributed by atoms with Crippen LogP contribution in [-0.2, 0) is 31.6 Å². The smallest absolute Gasteiger partial charge is 0.387 e. The monoisotopic (exact) mass is 529 g/mol. The molecule has 3 rings (SSSR count). The third-order valence-corrected chi connectivity index (χ3v) is 8.48. The number of nitrogen functional groups attached to an aromatic ring is 1. The molecule has 16 nitrogen and oxygen atoms in total. The van der Waals surface area contributed by atoms with Crippen LogP contribution in [0.2, 0.25) is 0 Å². The quantitative estimate of drug-likeness (QED) is 0.231. The van der Waals surface area contributed by atoms with Gasteiger partial charge in [-0.1, -0.05) is 0 Å². The van der Waals surface area contributed by atoms with Crippen molar-refractivity contribution in [3.63, 3.8) is 0 Å². The number of rotatable bonds is 8. The maximum absolute atomic E-state index is 14.2. The molecule has 1 aromatic rings. The van der Waals surface area contributed by atoms with E-state index in [1.165, 1.54) is 0 Å². The van der Waals surface area contributed by atoms with Crippen LogP contribution < -0.4 is 11.4 Å². The lowest BCUT2D eigenvalue weighted by Gasteiger charge is -2.21. The van der Waals surface area contributed by atoms with Crippen molar-refractivity contribution in [1.82, 2.24) is 9.55 Å². The maximum atomic E-state index is 14.2. The fourth-order valence-electron chi connectivity index (χ4n) is 3.29. The minimum Gasteiger partial charge on any atom is -0.387 e. The number of aliphatic hydroxyl groups excluding tert-OH is 1. The van der Waals surface area contributed by atoms with Crippen LogP contribution in [0.3, 0.4) is 0 Å². The number of ether oxygens (including phenoxy) is 1. The van der Waals surface area contributed by atoms with E-state index in [0.717, 1.165) is 12.3 Å². The van der Waals surface area contributed by atoms with E-state index in [9.17, 15) is 37.3 Å². The maximum Gasteiger partial charge on any atom is 0.490 e. The molecule has 1 saturated carbocycles. The normalized spacial score (nSPS) is 33.0. The van der Waals surface area contributed by atoms with E-state index in [1.807, 2.05) is 0 Å². The Morgan fingerprint density at radius 2 is 1.81 bits per heavy atom. The van der Waals surface area contributed by atoms with E-state index in [0.29, 0.717) is 4.57 Å². The standard InChI is InChI=1S/C11H16F2N3O13P3/c12-11(13)4-10(11)5(3-26-31(22,23)29-32(24,25)28-30(19,20)21)27-8(7(10)17)16-2-1-6(14)15-9(16)18/h1-2,5,7-8,17H,3-4H2,(H,22,23)(H,24,25)(H2,14,15,18)(H2,19,20,21)/t5-,7+,8-,10?/m1/s1. The zero-order chi connectivity index (χ0) is 24.3. The Morgan fingerprint density at radius 3 is 2.31 bits per heavy atom. The van der Waals surface area contributed by atoms with Crippen LogP contribution in [0, 0.1) is 5.41 Å². The molecule has 0 radical (unpaired) electrons. The van der Waals surface area contributed by atoms with Gasteiger partial charge in [-0.05, 0) is 6.07 Å². The Balaban J connectivity index is 1.78. The zero-order valence-corrected chi connectivity index (χ0v) is 18.1. The molecule has 1 aliphatic heterocycles. The van der Waals surface area contributed by atoms with Crippen molar-refractivity contribution in [2.75, 3.05) is 12.3 Å². The van der Waals surface area contributed by atoms with Gasteiger partial charge in [0.15, 0.2) is 6.23 Å². The first-order valence-corrected chi connectivity index (χ1v) is 12.8. The summed E-state index contributed by atoms with van der Waals surface area (Å²) in [5.74, 6) is -3.75. The van der Waals surface area contributed by atoms with Crippen LogP contribution in [0.25, 0.3) is 0 Å². The number of anilines is 1. The lowest BCUT2D eigenvalue weighted by Crippen LogP contribution is -2.37. The van der Waals surface area contributed by atoms with E-state index >= 15 is 0 Å². The van der Waals surface area contributed by atoms with Crippen molar-refractivity contribution in [2.45, 2.75) is 30.8 Å². The van der Waals surface area contributed by atoms with Gasteiger partial charge in [-0.3, -0.25) is 9.09 Å². The van der Waals surface area contributed by atoms with Crippen molar-refractivity contribution < 1.29 is 65.0 Å². The highest BCUT2D eigenvalue weighted by atomic mass is 31.3. The van der Waals surface area contributed by atoms with Gasteiger partial charge in [0, 0.05) is 12.6 Å². The summed E-state index contributed by atoms with van der Waals surface area (Å²) in [7, 11) is -17.1. The Hall–Kier alpha value is -1.13. The number of nitrogens with two attached hydrogens (primary N) is 1. The molecular formula is C11H16F2N3O13P3. The van der Waals surface area contributed by atoms with Crippen molar-refractivity contribution in [3.05, 3.63) is 22.7 Å². The highest BCUT2D eigenvalue weighted by Crippen LogP contribution is 2.71. The number of aliphatic hydroxyl groups is 1. The number of hydrogen-bond donors (Lipinski definition) is 6. The van der Waals surface area contributed by atoms with Crippen molar-refractivity contribution in [3.8, 4) is 0 Å². The lowest BCUT2D eigenvalue weighted by molar-refractivity contribution is -0.0552. The molecule has 21 heteroatoms. The van der Waals surface area contributed by atoms with Crippen LogP contribution in [0.15, 0.2) is 17.1 Å². The average Bonchev–Trinajstić information content (AvgIpc) is 3.04. The summed E-state index contributed by atoms with van der Waals surface area (Å²) < 4.78 is 79.4. The van der Waals surface area contributed by atoms with Crippen LogP contribution >= 0.6 is 23.5 Å². The van der Waals surface area contributed by atoms with Gasteiger partial charge in [0.1, 0.15) is 11.9 Å². The molecule has 3 unspecified atom stereocenters. The minimum atomic E-state index is -5.83. The highest BCUT2D eigenvalue weighted by Gasteiger charge is 2.82. The SMILES string of the molecule is Nc1ccn([C@@H]2O[C@H](COP(=O)(O)OP(=O)(O)OP(=O)(O)O)C3(CC3(F)F)[C@H]2O)c(=O)n1. The largest absolute Gasteiger partial charge is 0.490 e. The van der Waals surface area contributed by atoms with Crippen LogP contribution in [0.5, 0.6) is 0 Å². The Bertz CT molecular complexity index is 1110. The van der Waals surface area contributed by atoms with E-state index in [1.54, 1.807) is 0 Å². The molecule has 0 bridgehead atoms. The van der Waals surface area contributed by atoms with Crippen molar-refractivity contribution in [2.24, 2.45) is 5.41 Å². The molecule has 2 aliphatic rings. The van der Waals surface area contributed by atoms with E-state index in [2.05, 4.69) is 18.1 Å². The lowest BCUT2D eigenvalue weighted by atomic mass is 9.94. The molecule has 182 valence electrons. The summed E-state index contributed by atoms with van der Waals surface area (Å²) in [5, 5.41) is 10.4. The summed E-state index contributed by atoms with van der Waals surface area (Å²) >= 11 is 0. The number of alkyl halides is 2. The van der Waals surface area contributed by atoms with Gasteiger partial charge in [0.05, 0.1) is 18.1 Å². The molecule has 0 aromatic carbocycles. The summed E-state index contributed by atoms with van der Waals surface area (Å²) in [6.07, 6.45) is -5.53. The van der Waals surface area contributed by atoms with Crippen molar-refractivity contribution >= 4 is 29.3 Å². The Labute approximate surface area is 176 Å². The van der Waals surface area contributed by atoms with Gasteiger partial charge in [-0.25, -0.2) is 27.3 Å². The summed E-state index contributed by atoms with van der Waals surface area (Å²) in [6, 6.07) is 1.12. The first kappa shape index (κ1) is 25.5. The van der Waals surface area contributed by atoms with Gasteiger partial charge < -0.3 is 35.2 Å². The predicted octanol–water partition coefficient (Wildman–Crippen LogP) is -0.548. The molecule has 2 heterocycles. The molecule has 0 amide bonds. The number of phosphoric acid groups is 3. The summed E-state index contributed by atoms with van der Waals surface area (Å²) in [6.45, 7) is -1.23. The van der Waals surface area contributed by atoms with Gasteiger partial charge in [-0.15, -0.1) is 0 Å². The Kier molecular flexibility index (Phi) is 6.35. The molecule has 1 saturated heterocycles. The predicted molar refractivity (Wildman–Crippen MR) is 94.6 cm³/mol. The molecule has 7 N–H and O–H groups in total. The molecule has 32 heavy (non-hydrogen) atoms. The van der Waals surface area contributed by atoms with E-state index in [-0.39, 0.29) is 5.82 Å². The zero-order valence-electron chi connectivity index (χ0n) is 15.4. The highest BCUT2D eigenvalue weighted by molar-refractivity contribution is 7.66. The molecule has 2 fully saturated rings. The number of nitrogens with zero attached hydrogens (tertiary/aromatic N) is 2. The van der Waals surface area contributed by atoms with Crippen LogP contribution in [0.1, 0.15) is 12.6 Å². The molecule has 1 spiro atoms. The fourth-order valence-corrected chi connectivity index (χ4v) is 6.31. The number of aromatic nitrogens is 2. The van der Waals surface area contributed by atoms with Crippen molar-refractivity contribution in [1.29, 1.82) is 0 Å². The first-order valence-electron chi connectivity index (χ1n) is 8.23. The second-order valence-corrected chi connectivity index (χ2v) is 11.2. The van der Waals surface area contributed by atoms with Crippen LogP contribution in [-0.4, -0.2) is 59.0 Å². The number of phosphoric ester groups is 1. The second kappa shape index (κ2) is 7.98. The minimum absolute atomic E-state index is 0.200.